The Kier molecular flexibility index (Phi) is 4.01. The molecule has 2 rings (SSSR count). The highest BCUT2D eigenvalue weighted by atomic mass is 32.2. The van der Waals surface area contributed by atoms with E-state index in [0.717, 1.165) is 29.0 Å². The van der Waals surface area contributed by atoms with E-state index in [1.807, 2.05) is 11.8 Å². The molecule has 0 aliphatic carbocycles. The molecular formula is C11H15N3S2. The molecule has 0 saturated heterocycles. The van der Waals surface area contributed by atoms with Crippen LogP contribution >= 0.6 is 23.1 Å². The zero-order valence-electron chi connectivity index (χ0n) is 9.43. The molecule has 0 radical (unpaired) electrons. The van der Waals surface area contributed by atoms with Gasteiger partial charge in [-0.3, -0.25) is 0 Å². The van der Waals surface area contributed by atoms with Crippen molar-refractivity contribution < 1.29 is 0 Å². The molecule has 1 atom stereocenters. The lowest BCUT2D eigenvalue weighted by Crippen LogP contribution is -2.08. The van der Waals surface area contributed by atoms with Crippen molar-refractivity contribution in [2.45, 2.75) is 18.6 Å². The van der Waals surface area contributed by atoms with E-state index in [-0.39, 0.29) is 0 Å². The summed E-state index contributed by atoms with van der Waals surface area (Å²) in [6.07, 6.45) is 4.92. The largest absolute Gasteiger partial charge is 0.369 e. The van der Waals surface area contributed by atoms with E-state index in [9.17, 15) is 0 Å². The predicted octanol–water partition coefficient (Wildman–Crippen LogP) is 3.24. The van der Waals surface area contributed by atoms with Crippen molar-refractivity contribution >= 4 is 39.1 Å². The van der Waals surface area contributed by atoms with Crippen LogP contribution < -0.4 is 5.32 Å². The van der Waals surface area contributed by atoms with Gasteiger partial charge in [-0.2, -0.15) is 11.8 Å². The summed E-state index contributed by atoms with van der Waals surface area (Å²) >= 11 is 3.55. The minimum absolute atomic E-state index is 0.687. The number of hydrogen-bond donors (Lipinski definition) is 1. The Morgan fingerprint density at radius 2 is 2.38 bits per heavy atom. The molecule has 1 N–H and O–H groups in total. The molecule has 0 spiro atoms. The van der Waals surface area contributed by atoms with Crippen LogP contribution in [-0.4, -0.2) is 28.0 Å². The lowest BCUT2D eigenvalue weighted by molar-refractivity contribution is 0.850. The van der Waals surface area contributed by atoms with E-state index >= 15 is 0 Å². The summed E-state index contributed by atoms with van der Waals surface area (Å²) in [6, 6.07) is 2.07. The normalized spacial score (nSPS) is 12.9. The highest BCUT2D eigenvalue weighted by molar-refractivity contribution is 7.99. The summed E-state index contributed by atoms with van der Waals surface area (Å²) in [7, 11) is 0. The van der Waals surface area contributed by atoms with E-state index < -0.39 is 0 Å². The number of aromatic nitrogens is 2. The zero-order valence-corrected chi connectivity index (χ0v) is 11.1. The molecule has 0 aliphatic rings. The van der Waals surface area contributed by atoms with Crippen LogP contribution in [0.2, 0.25) is 0 Å². The number of rotatable bonds is 5. The number of thioether (sulfide) groups is 1. The van der Waals surface area contributed by atoms with Crippen LogP contribution in [0.5, 0.6) is 0 Å². The van der Waals surface area contributed by atoms with E-state index in [0.29, 0.717) is 5.25 Å². The second-order valence-electron chi connectivity index (χ2n) is 3.62. The van der Waals surface area contributed by atoms with Gasteiger partial charge >= 0.3 is 0 Å². The van der Waals surface area contributed by atoms with Gasteiger partial charge in [0.25, 0.3) is 0 Å². The van der Waals surface area contributed by atoms with Gasteiger partial charge in [0, 0.05) is 11.8 Å². The summed E-state index contributed by atoms with van der Waals surface area (Å²) < 4.78 is 0. The number of thiophene rings is 1. The molecule has 5 heteroatoms. The topological polar surface area (TPSA) is 37.8 Å². The van der Waals surface area contributed by atoms with Gasteiger partial charge in [-0.05, 0) is 24.1 Å². The Morgan fingerprint density at radius 1 is 1.50 bits per heavy atom. The number of anilines is 1. The third-order valence-corrected chi connectivity index (χ3v) is 4.37. The van der Waals surface area contributed by atoms with Gasteiger partial charge < -0.3 is 5.32 Å². The van der Waals surface area contributed by atoms with E-state index in [4.69, 9.17) is 0 Å². The van der Waals surface area contributed by atoms with Gasteiger partial charge in [0.2, 0.25) is 0 Å². The molecule has 0 aromatic carbocycles. The highest BCUT2D eigenvalue weighted by Crippen LogP contribution is 2.23. The minimum Gasteiger partial charge on any atom is -0.369 e. The third-order valence-electron chi connectivity index (χ3n) is 2.51. The third kappa shape index (κ3) is 2.65. The first-order chi connectivity index (χ1) is 7.81. The molecule has 2 heterocycles. The molecule has 2 aromatic heterocycles. The smallest absolute Gasteiger partial charge is 0.138 e. The lowest BCUT2D eigenvalue weighted by Gasteiger charge is -2.09. The van der Waals surface area contributed by atoms with Gasteiger partial charge in [0.15, 0.2) is 0 Å². The Bertz CT molecular complexity index is 455. The van der Waals surface area contributed by atoms with E-state index in [1.165, 1.54) is 0 Å². The Balaban J connectivity index is 2.01. The molecule has 3 nitrogen and oxygen atoms in total. The summed E-state index contributed by atoms with van der Waals surface area (Å²) in [6.45, 7) is 3.20. The molecule has 86 valence electrons. The standard InChI is InChI=1S/C11H15N3S2/c1-8(15-2)3-5-12-10-9-4-6-16-11(9)14-7-13-10/h4,6-8H,3,5H2,1-2H3,(H,12,13,14). The molecule has 0 saturated carbocycles. The molecule has 0 amide bonds. The fraction of sp³-hybridized carbons (Fsp3) is 0.455. The van der Waals surface area contributed by atoms with Crippen LogP contribution in [0.15, 0.2) is 17.8 Å². The van der Waals surface area contributed by atoms with Gasteiger partial charge in [-0.15, -0.1) is 11.3 Å². The zero-order chi connectivity index (χ0) is 11.4. The van der Waals surface area contributed by atoms with Crippen LogP contribution in [0.25, 0.3) is 10.2 Å². The maximum Gasteiger partial charge on any atom is 0.138 e. The Hall–Kier alpha value is -0.810. The fourth-order valence-electron chi connectivity index (χ4n) is 1.44. The summed E-state index contributed by atoms with van der Waals surface area (Å²) in [5.41, 5.74) is 0. The monoisotopic (exact) mass is 253 g/mol. The number of nitrogens with one attached hydrogen (secondary N) is 1. The van der Waals surface area contributed by atoms with Gasteiger partial charge in [0.05, 0.1) is 5.39 Å². The second kappa shape index (κ2) is 5.50. The Morgan fingerprint density at radius 3 is 3.19 bits per heavy atom. The summed E-state index contributed by atoms with van der Waals surface area (Å²) in [5.74, 6) is 0.958. The summed E-state index contributed by atoms with van der Waals surface area (Å²) in [5, 5.41) is 7.25. The van der Waals surface area contributed by atoms with Crippen molar-refractivity contribution in [3.05, 3.63) is 17.8 Å². The summed E-state index contributed by atoms with van der Waals surface area (Å²) in [4.78, 5) is 9.56. The maximum atomic E-state index is 4.28. The predicted molar refractivity (Wildman–Crippen MR) is 73.5 cm³/mol. The van der Waals surface area contributed by atoms with Crippen LogP contribution in [-0.2, 0) is 0 Å². The van der Waals surface area contributed by atoms with Gasteiger partial charge in [0.1, 0.15) is 17.0 Å². The minimum atomic E-state index is 0.687. The molecule has 2 aromatic rings. The lowest BCUT2D eigenvalue weighted by atomic mass is 10.3. The van der Waals surface area contributed by atoms with Gasteiger partial charge in [-0.1, -0.05) is 6.92 Å². The maximum absolute atomic E-state index is 4.28. The van der Waals surface area contributed by atoms with Crippen molar-refractivity contribution in [1.82, 2.24) is 9.97 Å². The Labute approximate surface area is 104 Å². The second-order valence-corrected chi connectivity index (χ2v) is 5.79. The molecule has 0 fully saturated rings. The molecule has 0 aliphatic heterocycles. The van der Waals surface area contributed by atoms with Crippen LogP contribution in [0.4, 0.5) is 5.82 Å². The number of hydrogen-bond acceptors (Lipinski definition) is 5. The van der Waals surface area contributed by atoms with E-state index in [2.05, 4.69) is 39.9 Å². The number of fused-ring (bicyclic) bond motifs is 1. The van der Waals surface area contributed by atoms with Gasteiger partial charge in [-0.25, -0.2) is 9.97 Å². The first-order valence-electron chi connectivity index (χ1n) is 5.26. The molecule has 0 bridgehead atoms. The van der Waals surface area contributed by atoms with Crippen molar-refractivity contribution in [2.24, 2.45) is 0 Å². The average molecular weight is 253 g/mol. The molecule has 1 unspecified atom stereocenters. The van der Waals surface area contributed by atoms with Crippen molar-refractivity contribution in [1.29, 1.82) is 0 Å². The van der Waals surface area contributed by atoms with Crippen LogP contribution in [0.3, 0.4) is 0 Å². The van der Waals surface area contributed by atoms with Crippen LogP contribution in [0, 0.1) is 0 Å². The van der Waals surface area contributed by atoms with Crippen molar-refractivity contribution in [2.75, 3.05) is 18.1 Å². The molecular weight excluding hydrogens is 238 g/mol. The van der Waals surface area contributed by atoms with E-state index in [1.54, 1.807) is 17.7 Å². The molecule has 16 heavy (non-hydrogen) atoms. The number of nitrogens with zero attached hydrogens (tertiary/aromatic N) is 2. The first-order valence-corrected chi connectivity index (χ1v) is 7.43. The van der Waals surface area contributed by atoms with Crippen LogP contribution in [0.1, 0.15) is 13.3 Å². The van der Waals surface area contributed by atoms with Crippen molar-refractivity contribution in [3.63, 3.8) is 0 Å². The first kappa shape index (κ1) is 11.7. The average Bonchev–Trinajstić information content (AvgIpc) is 2.77. The van der Waals surface area contributed by atoms with Crippen molar-refractivity contribution in [3.8, 4) is 0 Å². The quantitative estimate of drug-likeness (QED) is 0.887. The SMILES string of the molecule is CSC(C)CCNc1ncnc2sccc12. The highest BCUT2D eigenvalue weighted by Gasteiger charge is 2.04. The fourth-order valence-corrected chi connectivity index (χ4v) is 2.53.